The summed E-state index contributed by atoms with van der Waals surface area (Å²) in [6.07, 6.45) is -14.5. The quantitative estimate of drug-likeness (QED) is 0.212. The van der Waals surface area contributed by atoms with Crippen molar-refractivity contribution in [3.05, 3.63) is 0 Å². The topological polar surface area (TPSA) is 218 Å². The van der Waals surface area contributed by atoms with E-state index in [-0.39, 0.29) is 0 Å². The lowest BCUT2D eigenvalue weighted by Gasteiger charge is -2.45. The van der Waals surface area contributed by atoms with Crippen LogP contribution in [0.1, 0.15) is 12.8 Å². The van der Waals surface area contributed by atoms with Gasteiger partial charge in [0, 0.05) is 12.8 Å². The lowest BCUT2D eigenvalue weighted by atomic mass is 9.79. The van der Waals surface area contributed by atoms with Gasteiger partial charge in [-0.2, -0.15) is 0 Å². The highest BCUT2D eigenvalue weighted by molar-refractivity contribution is 5.79. The van der Waals surface area contributed by atoms with Gasteiger partial charge in [0.2, 0.25) is 12.1 Å². The lowest BCUT2D eigenvalue weighted by molar-refractivity contribution is -0.392. The van der Waals surface area contributed by atoms with Crippen molar-refractivity contribution >= 4 is 5.97 Å². The van der Waals surface area contributed by atoms with Gasteiger partial charge in [-0.1, -0.05) is 0 Å². The number of hydrogen-bond donors (Lipinski definition) is 9. The third-order valence-corrected chi connectivity index (χ3v) is 4.45. The van der Waals surface area contributed by atoms with Crippen LogP contribution in [0, 0.1) is 0 Å². The van der Waals surface area contributed by atoms with Crippen LogP contribution in [-0.4, -0.2) is 113 Å². The molecule has 1 saturated heterocycles. The van der Waals surface area contributed by atoms with Crippen molar-refractivity contribution < 1.29 is 60.2 Å². The molecule has 25 heavy (non-hydrogen) atoms. The first-order chi connectivity index (χ1) is 11.4. The smallest absolute Gasteiger partial charge is 0.340 e. The van der Waals surface area contributed by atoms with E-state index in [2.05, 4.69) is 4.74 Å². The first kappa shape index (κ1) is 20.4. The number of aliphatic hydroxyl groups is 9. The SMILES string of the molecule is O=C(OC1OC(O)(CO)C(O)C(O)C1O)C1(O)C[C@@H](O)C(O)[C@H](O)C1. The second-order valence-electron chi connectivity index (χ2n) is 6.39. The highest BCUT2D eigenvalue weighted by atomic mass is 16.8. The molecule has 0 aromatic heterocycles. The highest BCUT2D eigenvalue weighted by Gasteiger charge is 2.56. The van der Waals surface area contributed by atoms with Gasteiger partial charge in [0.25, 0.3) is 0 Å². The fourth-order valence-electron chi connectivity index (χ4n) is 2.83. The molecule has 0 amide bonds. The summed E-state index contributed by atoms with van der Waals surface area (Å²) in [6, 6.07) is 0. The molecule has 7 atom stereocenters. The third-order valence-electron chi connectivity index (χ3n) is 4.45. The van der Waals surface area contributed by atoms with Crippen molar-refractivity contribution in [1.29, 1.82) is 0 Å². The molecule has 9 N–H and O–H groups in total. The third kappa shape index (κ3) is 3.64. The number of hydrogen-bond acceptors (Lipinski definition) is 12. The predicted molar refractivity (Wildman–Crippen MR) is 73.2 cm³/mol. The maximum absolute atomic E-state index is 12.2. The Labute approximate surface area is 141 Å². The highest BCUT2D eigenvalue weighted by Crippen LogP contribution is 2.33. The molecule has 146 valence electrons. The zero-order valence-corrected chi connectivity index (χ0v) is 12.9. The minimum Gasteiger partial charge on any atom is -0.431 e. The van der Waals surface area contributed by atoms with Crippen molar-refractivity contribution in [2.24, 2.45) is 0 Å². The molecule has 0 bridgehead atoms. The van der Waals surface area contributed by atoms with E-state index >= 15 is 0 Å². The minimum absolute atomic E-state index is 0.692. The van der Waals surface area contributed by atoms with Gasteiger partial charge in [0.1, 0.15) is 24.4 Å². The number of esters is 1. The Bertz CT molecular complexity index is 487. The van der Waals surface area contributed by atoms with Crippen LogP contribution in [0.2, 0.25) is 0 Å². The van der Waals surface area contributed by atoms with Crippen LogP contribution in [-0.2, 0) is 14.3 Å². The summed E-state index contributed by atoms with van der Waals surface area (Å²) in [5.74, 6) is -4.22. The van der Waals surface area contributed by atoms with E-state index in [0.717, 1.165) is 0 Å². The van der Waals surface area contributed by atoms with Crippen LogP contribution in [0.4, 0.5) is 0 Å². The van der Waals surface area contributed by atoms with Crippen molar-refractivity contribution in [1.82, 2.24) is 0 Å². The first-order valence-corrected chi connectivity index (χ1v) is 7.48. The van der Waals surface area contributed by atoms with E-state index in [4.69, 9.17) is 9.84 Å². The molecule has 2 rings (SSSR count). The number of ether oxygens (including phenoxy) is 2. The lowest BCUT2D eigenvalue weighted by Crippen LogP contribution is -2.67. The van der Waals surface area contributed by atoms with Gasteiger partial charge in [0.15, 0.2) is 5.60 Å². The normalized spacial score (nSPS) is 51.2. The van der Waals surface area contributed by atoms with E-state index in [1.165, 1.54) is 0 Å². The molecule has 1 heterocycles. The molecule has 0 aromatic rings. The summed E-state index contributed by atoms with van der Waals surface area (Å²) in [4.78, 5) is 12.2. The summed E-state index contributed by atoms with van der Waals surface area (Å²) in [7, 11) is 0. The van der Waals surface area contributed by atoms with E-state index in [1.54, 1.807) is 0 Å². The molecule has 1 saturated carbocycles. The predicted octanol–water partition coefficient (Wildman–Crippen LogP) is -5.74. The Morgan fingerprint density at radius 1 is 0.960 bits per heavy atom. The average Bonchev–Trinajstić information content (AvgIpc) is 2.55. The maximum atomic E-state index is 12.2. The average molecular weight is 370 g/mol. The molecular formula is C13H22O12. The molecule has 0 spiro atoms. The van der Waals surface area contributed by atoms with Crippen molar-refractivity contribution in [3.8, 4) is 0 Å². The van der Waals surface area contributed by atoms with E-state index in [0.29, 0.717) is 0 Å². The fraction of sp³-hybridized carbons (Fsp3) is 0.923. The number of carbonyl (C=O) groups excluding carboxylic acids is 1. The Hall–Kier alpha value is -0.930. The molecule has 2 aliphatic rings. The fourth-order valence-corrected chi connectivity index (χ4v) is 2.83. The van der Waals surface area contributed by atoms with Crippen molar-refractivity contribution in [2.75, 3.05) is 6.61 Å². The van der Waals surface area contributed by atoms with Crippen LogP contribution in [0.25, 0.3) is 0 Å². The van der Waals surface area contributed by atoms with Crippen LogP contribution in [0.3, 0.4) is 0 Å². The molecule has 5 unspecified atom stereocenters. The second kappa shape index (κ2) is 7.00. The molecule has 0 aromatic carbocycles. The number of carbonyl (C=O) groups is 1. The summed E-state index contributed by atoms with van der Waals surface area (Å²) >= 11 is 0. The van der Waals surface area contributed by atoms with Crippen LogP contribution >= 0.6 is 0 Å². The Kier molecular flexibility index (Phi) is 5.71. The van der Waals surface area contributed by atoms with Crippen molar-refractivity contribution in [2.45, 2.75) is 67.1 Å². The van der Waals surface area contributed by atoms with E-state index in [9.17, 15) is 45.6 Å². The van der Waals surface area contributed by atoms with E-state index < -0.39 is 79.7 Å². The van der Waals surface area contributed by atoms with Gasteiger partial charge in [-0.15, -0.1) is 0 Å². The summed E-state index contributed by atoms with van der Waals surface area (Å²) in [6.45, 7) is -1.21. The molecule has 2 fully saturated rings. The number of rotatable bonds is 3. The van der Waals surface area contributed by atoms with Crippen LogP contribution in [0.15, 0.2) is 0 Å². The van der Waals surface area contributed by atoms with E-state index in [1.807, 2.05) is 0 Å². The summed E-state index contributed by atoms with van der Waals surface area (Å²) in [5.41, 5.74) is -2.44. The van der Waals surface area contributed by atoms with Gasteiger partial charge in [-0.3, -0.25) is 0 Å². The largest absolute Gasteiger partial charge is 0.431 e. The Morgan fingerprint density at radius 2 is 1.48 bits per heavy atom. The molecule has 12 nitrogen and oxygen atoms in total. The molecule has 12 heteroatoms. The first-order valence-electron chi connectivity index (χ1n) is 7.48. The Morgan fingerprint density at radius 3 is 1.96 bits per heavy atom. The van der Waals surface area contributed by atoms with Crippen LogP contribution < -0.4 is 0 Å². The van der Waals surface area contributed by atoms with Gasteiger partial charge >= 0.3 is 5.97 Å². The van der Waals surface area contributed by atoms with Gasteiger partial charge < -0.3 is 55.4 Å². The zero-order valence-electron chi connectivity index (χ0n) is 12.9. The maximum Gasteiger partial charge on any atom is 0.340 e. The van der Waals surface area contributed by atoms with Gasteiger partial charge in [-0.25, -0.2) is 4.79 Å². The summed E-state index contributed by atoms with van der Waals surface area (Å²) in [5, 5.41) is 86.8. The molecule has 0 radical (unpaired) electrons. The molecule has 1 aliphatic heterocycles. The Balaban J connectivity index is 2.13. The molecule has 1 aliphatic carbocycles. The van der Waals surface area contributed by atoms with Crippen molar-refractivity contribution in [3.63, 3.8) is 0 Å². The number of aliphatic hydroxyl groups excluding tert-OH is 7. The standard InChI is InChI=1S/C13H22O12/c14-3-13(23)9(20)7(18)8(19)10(25-13)24-11(21)12(22)1-4(15)6(17)5(16)2-12/h4-10,14-20,22-23H,1-3H2/t4-,5-,6?,7?,8?,9?,10?,12?,13?/m1/s1. The zero-order chi connectivity index (χ0) is 19.2. The monoisotopic (exact) mass is 370 g/mol. The van der Waals surface area contributed by atoms with Gasteiger partial charge in [-0.05, 0) is 0 Å². The second-order valence-corrected chi connectivity index (χ2v) is 6.39. The van der Waals surface area contributed by atoms with Crippen LogP contribution in [0.5, 0.6) is 0 Å². The minimum atomic E-state index is -2.74. The molecular weight excluding hydrogens is 348 g/mol. The van der Waals surface area contributed by atoms with Gasteiger partial charge in [0.05, 0.1) is 18.8 Å². The summed E-state index contributed by atoms with van der Waals surface area (Å²) < 4.78 is 9.40.